The highest BCUT2D eigenvalue weighted by molar-refractivity contribution is 5.90. The molecule has 1 aromatic heterocycles. The minimum atomic E-state index is -1.12. The molecule has 0 radical (unpaired) electrons. The van der Waals surface area contributed by atoms with Gasteiger partial charge in [0.1, 0.15) is 23.4 Å². The number of nitrogens with zero attached hydrogens (tertiary/aromatic N) is 1. The van der Waals surface area contributed by atoms with Crippen LogP contribution in [0, 0.1) is 18.6 Å². The monoisotopic (exact) mass is 466 g/mol. The number of urea groups is 1. The fourth-order valence-corrected chi connectivity index (χ4v) is 4.62. The average Bonchev–Trinajstić information content (AvgIpc) is 3.51. The minimum Gasteiger partial charge on any atom is -0.497 e. The number of halogens is 2. The van der Waals surface area contributed by atoms with Crippen molar-refractivity contribution >= 4 is 22.8 Å². The van der Waals surface area contributed by atoms with Crippen LogP contribution in [0.5, 0.6) is 5.75 Å². The van der Waals surface area contributed by atoms with Crippen LogP contribution in [0.25, 0.3) is 10.9 Å². The van der Waals surface area contributed by atoms with E-state index in [1.165, 1.54) is 7.11 Å². The van der Waals surface area contributed by atoms with Crippen molar-refractivity contribution in [2.75, 3.05) is 13.7 Å². The fourth-order valence-electron chi connectivity index (χ4n) is 4.62. The molecule has 0 spiro atoms. The van der Waals surface area contributed by atoms with Gasteiger partial charge in [-0.05, 0) is 31.4 Å². The molecule has 0 unspecified atom stereocenters. The number of ether oxygens (including phenoxy) is 1. The number of nitrogens with one attached hydrogen (secondary N) is 3. The number of benzene rings is 2. The van der Waals surface area contributed by atoms with Crippen molar-refractivity contribution in [1.82, 2.24) is 20.9 Å². The van der Waals surface area contributed by atoms with Crippen molar-refractivity contribution in [2.24, 2.45) is 0 Å². The van der Waals surface area contributed by atoms with E-state index in [0.29, 0.717) is 12.8 Å². The lowest BCUT2D eigenvalue weighted by atomic mass is 9.93. The Bertz CT molecular complexity index is 1290. The van der Waals surface area contributed by atoms with Gasteiger partial charge in [-0.3, -0.25) is 9.78 Å². The predicted octanol–water partition coefficient (Wildman–Crippen LogP) is 3.40. The second-order valence-corrected chi connectivity index (χ2v) is 8.86. The number of aromatic nitrogens is 1. The Kier molecular flexibility index (Phi) is 5.34. The summed E-state index contributed by atoms with van der Waals surface area (Å²) in [6.45, 7) is 1.98. The zero-order chi connectivity index (χ0) is 24.0. The zero-order valence-corrected chi connectivity index (χ0v) is 18.7. The SMILES string of the molecule is COc1cc(F)c([C@@H]2CNC(=O)[C@H]2NC(=O)NC2(c3ccc4cccc(C)c4n3)CC2)c(F)c1. The Morgan fingerprint density at radius 2 is 1.91 bits per heavy atom. The topological polar surface area (TPSA) is 92.4 Å². The Balaban J connectivity index is 1.36. The van der Waals surface area contributed by atoms with Crippen molar-refractivity contribution < 1.29 is 23.1 Å². The summed E-state index contributed by atoms with van der Waals surface area (Å²) >= 11 is 0. The molecule has 34 heavy (non-hydrogen) atoms. The van der Waals surface area contributed by atoms with Crippen LogP contribution < -0.4 is 20.7 Å². The highest BCUT2D eigenvalue weighted by Crippen LogP contribution is 2.45. The van der Waals surface area contributed by atoms with E-state index in [0.717, 1.165) is 34.3 Å². The first kappa shape index (κ1) is 22.1. The number of fused-ring (bicyclic) bond motifs is 1. The van der Waals surface area contributed by atoms with E-state index in [9.17, 15) is 18.4 Å². The zero-order valence-electron chi connectivity index (χ0n) is 18.7. The molecule has 1 aliphatic heterocycles. The molecule has 1 saturated carbocycles. The van der Waals surface area contributed by atoms with Crippen molar-refractivity contribution in [3.63, 3.8) is 0 Å². The van der Waals surface area contributed by atoms with Crippen molar-refractivity contribution in [1.29, 1.82) is 0 Å². The Hall–Kier alpha value is -3.75. The van der Waals surface area contributed by atoms with Crippen molar-refractivity contribution in [3.05, 3.63) is 70.9 Å². The fraction of sp³-hybridized carbons (Fsp3) is 0.320. The summed E-state index contributed by atoms with van der Waals surface area (Å²) in [6.07, 6.45) is 1.40. The van der Waals surface area contributed by atoms with E-state index in [1.54, 1.807) is 0 Å². The van der Waals surface area contributed by atoms with E-state index in [2.05, 4.69) is 16.0 Å². The Labute approximate surface area is 194 Å². The second-order valence-electron chi connectivity index (χ2n) is 8.86. The Morgan fingerprint density at radius 1 is 1.18 bits per heavy atom. The molecule has 3 N–H and O–H groups in total. The van der Waals surface area contributed by atoms with Crippen LogP contribution in [-0.4, -0.2) is 36.6 Å². The summed E-state index contributed by atoms with van der Waals surface area (Å²) in [7, 11) is 1.31. The highest BCUT2D eigenvalue weighted by atomic mass is 19.1. The van der Waals surface area contributed by atoms with Gasteiger partial charge in [-0.2, -0.15) is 0 Å². The van der Waals surface area contributed by atoms with Gasteiger partial charge < -0.3 is 20.7 Å². The first-order valence-corrected chi connectivity index (χ1v) is 11.1. The molecule has 1 saturated heterocycles. The molecule has 7 nitrogen and oxygen atoms in total. The van der Waals surface area contributed by atoms with Gasteiger partial charge in [0.05, 0.1) is 23.9 Å². The molecule has 1 aliphatic carbocycles. The van der Waals surface area contributed by atoms with E-state index in [4.69, 9.17) is 9.72 Å². The summed E-state index contributed by atoms with van der Waals surface area (Å²) in [5.74, 6) is -3.04. The van der Waals surface area contributed by atoms with Crippen LogP contribution >= 0.6 is 0 Å². The van der Waals surface area contributed by atoms with E-state index >= 15 is 0 Å². The van der Waals surface area contributed by atoms with Crippen LogP contribution in [0.4, 0.5) is 13.6 Å². The molecule has 0 bridgehead atoms. The maximum absolute atomic E-state index is 14.7. The third kappa shape index (κ3) is 3.81. The average molecular weight is 466 g/mol. The smallest absolute Gasteiger partial charge is 0.316 e. The largest absolute Gasteiger partial charge is 0.497 e. The lowest BCUT2D eigenvalue weighted by Crippen LogP contribution is -2.50. The van der Waals surface area contributed by atoms with Gasteiger partial charge >= 0.3 is 6.03 Å². The first-order chi connectivity index (χ1) is 16.3. The molecule has 3 aromatic rings. The normalized spacial score (nSPS) is 20.6. The van der Waals surface area contributed by atoms with E-state index in [1.807, 2.05) is 37.3 Å². The van der Waals surface area contributed by atoms with Gasteiger partial charge in [-0.15, -0.1) is 0 Å². The number of aryl methyl sites for hydroxylation is 1. The quantitative estimate of drug-likeness (QED) is 0.538. The molecule has 2 fully saturated rings. The Morgan fingerprint density at radius 3 is 2.59 bits per heavy atom. The number of para-hydroxylation sites is 1. The van der Waals surface area contributed by atoms with Crippen LogP contribution in [-0.2, 0) is 10.3 Å². The molecular formula is C25H24F2N4O3. The third-order valence-electron chi connectivity index (χ3n) is 6.64. The first-order valence-electron chi connectivity index (χ1n) is 11.1. The van der Waals surface area contributed by atoms with Crippen molar-refractivity contribution in [3.8, 4) is 5.75 Å². The number of methoxy groups -OCH3 is 1. The highest BCUT2D eigenvalue weighted by Gasteiger charge is 2.48. The van der Waals surface area contributed by atoms with Gasteiger partial charge in [0, 0.05) is 35.5 Å². The minimum absolute atomic E-state index is 0.000594. The van der Waals surface area contributed by atoms with Crippen LogP contribution in [0.2, 0.25) is 0 Å². The third-order valence-corrected chi connectivity index (χ3v) is 6.64. The number of rotatable bonds is 5. The van der Waals surface area contributed by atoms with Crippen LogP contribution in [0.1, 0.15) is 35.6 Å². The molecule has 2 atom stereocenters. The lowest BCUT2D eigenvalue weighted by Gasteiger charge is -2.23. The second kappa shape index (κ2) is 8.23. The van der Waals surface area contributed by atoms with E-state index < -0.39 is 41.1 Å². The molecule has 5 rings (SSSR count). The van der Waals surface area contributed by atoms with Gasteiger partial charge in [-0.1, -0.05) is 24.3 Å². The predicted molar refractivity (Wildman–Crippen MR) is 122 cm³/mol. The number of carbonyl (C=O) groups is 2. The van der Waals surface area contributed by atoms with Gasteiger partial charge in [0.2, 0.25) is 5.91 Å². The molecule has 2 aromatic carbocycles. The summed E-state index contributed by atoms with van der Waals surface area (Å²) in [5, 5.41) is 9.15. The maximum Gasteiger partial charge on any atom is 0.316 e. The number of amides is 3. The molecule has 2 heterocycles. The molecule has 3 amide bonds. The lowest BCUT2D eigenvalue weighted by molar-refractivity contribution is -0.120. The summed E-state index contributed by atoms with van der Waals surface area (Å²) in [4.78, 5) is 30.1. The molecular weight excluding hydrogens is 442 g/mol. The molecule has 2 aliphatic rings. The van der Waals surface area contributed by atoms with E-state index in [-0.39, 0.29) is 17.9 Å². The molecule has 176 valence electrons. The van der Waals surface area contributed by atoms with Crippen LogP contribution in [0.15, 0.2) is 42.5 Å². The van der Waals surface area contributed by atoms with Crippen LogP contribution in [0.3, 0.4) is 0 Å². The summed E-state index contributed by atoms with van der Waals surface area (Å²) in [5.41, 5.74) is 1.74. The standard InChI is InChI=1S/C25H24F2N4O3/c1-13-4-3-5-14-6-7-19(29-21(13)14)25(8-9-25)31-24(33)30-22-16(12-28-23(22)32)20-17(26)10-15(34-2)11-18(20)27/h3-7,10-11,16,22H,8-9,12H2,1-2H3,(H,28,32)(H2,30,31,33)/t16-,22-/m0/s1. The van der Waals surface area contributed by atoms with Gasteiger partial charge in [-0.25, -0.2) is 13.6 Å². The number of pyridine rings is 1. The number of carbonyl (C=O) groups excluding carboxylic acids is 2. The van der Waals surface area contributed by atoms with Gasteiger partial charge in [0.15, 0.2) is 0 Å². The summed E-state index contributed by atoms with van der Waals surface area (Å²) in [6, 6.07) is 10.2. The summed E-state index contributed by atoms with van der Waals surface area (Å²) < 4.78 is 34.2. The molecule has 9 heteroatoms. The number of hydrogen-bond acceptors (Lipinski definition) is 4. The van der Waals surface area contributed by atoms with Crippen molar-refractivity contribution in [2.45, 2.75) is 37.3 Å². The van der Waals surface area contributed by atoms with Gasteiger partial charge in [0.25, 0.3) is 0 Å². The maximum atomic E-state index is 14.7. The number of hydrogen-bond donors (Lipinski definition) is 3.